The van der Waals surface area contributed by atoms with E-state index in [0.29, 0.717) is 25.7 Å². The number of rotatable bonds is 8. The van der Waals surface area contributed by atoms with Crippen LogP contribution in [0.25, 0.3) is 0 Å². The van der Waals surface area contributed by atoms with Crippen molar-refractivity contribution in [2.45, 2.75) is 19.6 Å². The Hall–Kier alpha value is -1.61. The molecule has 0 fully saturated rings. The SMILES string of the molecule is CN=C(NCCCOCc1ccco1)NCc1ccc(F)cc1.I. The lowest BCUT2D eigenvalue weighted by atomic mass is 10.2. The molecule has 7 heteroatoms. The number of aliphatic imine (C=N–C) groups is 1. The van der Waals surface area contributed by atoms with Gasteiger partial charge in [-0.3, -0.25) is 4.99 Å². The molecule has 2 N–H and O–H groups in total. The minimum absolute atomic E-state index is 0. The van der Waals surface area contributed by atoms with Gasteiger partial charge in [0, 0.05) is 26.7 Å². The van der Waals surface area contributed by atoms with Gasteiger partial charge in [-0.15, -0.1) is 24.0 Å². The maximum atomic E-state index is 12.8. The van der Waals surface area contributed by atoms with E-state index in [4.69, 9.17) is 9.15 Å². The summed E-state index contributed by atoms with van der Waals surface area (Å²) < 4.78 is 23.5. The van der Waals surface area contributed by atoms with E-state index in [0.717, 1.165) is 24.3 Å². The fourth-order valence-corrected chi connectivity index (χ4v) is 1.96. The molecule has 0 saturated heterocycles. The van der Waals surface area contributed by atoms with Gasteiger partial charge in [0.05, 0.1) is 6.26 Å². The molecule has 1 aromatic carbocycles. The number of hydrogen-bond acceptors (Lipinski definition) is 3. The van der Waals surface area contributed by atoms with Gasteiger partial charge < -0.3 is 19.8 Å². The molecule has 0 radical (unpaired) electrons. The number of nitrogens with one attached hydrogen (secondary N) is 2. The average molecular weight is 447 g/mol. The lowest BCUT2D eigenvalue weighted by Crippen LogP contribution is -2.37. The third-order valence-corrected chi connectivity index (χ3v) is 3.18. The molecule has 0 saturated carbocycles. The normalized spacial score (nSPS) is 11.0. The first-order valence-electron chi connectivity index (χ1n) is 7.57. The molecule has 2 aromatic rings. The molecule has 132 valence electrons. The Kier molecular flexibility index (Phi) is 10.1. The predicted octanol–water partition coefficient (Wildman–Crippen LogP) is 3.31. The second-order valence-corrected chi connectivity index (χ2v) is 4.96. The maximum absolute atomic E-state index is 12.8. The summed E-state index contributed by atoms with van der Waals surface area (Å²) >= 11 is 0. The minimum Gasteiger partial charge on any atom is -0.467 e. The molecular weight excluding hydrogens is 424 g/mol. The van der Waals surface area contributed by atoms with Crippen molar-refractivity contribution in [3.63, 3.8) is 0 Å². The van der Waals surface area contributed by atoms with Gasteiger partial charge in [-0.25, -0.2) is 4.39 Å². The molecule has 0 aliphatic rings. The van der Waals surface area contributed by atoms with Crippen LogP contribution in [0.5, 0.6) is 0 Å². The van der Waals surface area contributed by atoms with Gasteiger partial charge in [-0.2, -0.15) is 0 Å². The number of hydrogen-bond donors (Lipinski definition) is 2. The van der Waals surface area contributed by atoms with Gasteiger partial charge >= 0.3 is 0 Å². The molecule has 2 rings (SSSR count). The van der Waals surface area contributed by atoms with E-state index in [9.17, 15) is 4.39 Å². The Morgan fingerprint density at radius 3 is 2.67 bits per heavy atom. The monoisotopic (exact) mass is 447 g/mol. The predicted molar refractivity (Wildman–Crippen MR) is 103 cm³/mol. The van der Waals surface area contributed by atoms with Crippen LogP contribution in [0.2, 0.25) is 0 Å². The van der Waals surface area contributed by atoms with Crippen molar-refractivity contribution in [1.82, 2.24) is 10.6 Å². The fourth-order valence-electron chi connectivity index (χ4n) is 1.96. The third kappa shape index (κ3) is 7.78. The van der Waals surface area contributed by atoms with Crippen molar-refractivity contribution in [2.24, 2.45) is 4.99 Å². The van der Waals surface area contributed by atoms with Crippen molar-refractivity contribution >= 4 is 29.9 Å². The highest BCUT2D eigenvalue weighted by molar-refractivity contribution is 14.0. The number of guanidine groups is 1. The Morgan fingerprint density at radius 2 is 2.00 bits per heavy atom. The van der Waals surface area contributed by atoms with Crippen LogP contribution >= 0.6 is 24.0 Å². The molecule has 1 heterocycles. The summed E-state index contributed by atoms with van der Waals surface area (Å²) in [5.74, 6) is 1.31. The highest BCUT2D eigenvalue weighted by Crippen LogP contribution is 2.02. The summed E-state index contributed by atoms with van der Waals surface area (Å²) in [6.45, 7) is 2.48. The zero-order valence-corrected chi connectivity index (χ0v) is 16.0. The highest BCUT2D eigenvalue weighted by atomic mass is 127. The van der Waals surface area contributed by atoms with Crippen LogP contribution in [0.4, 0.5) is 4.39 Å². The largest absolute Gasteiger partial charge is 0.467 e. The molecule has 0 unspecified atom stereocenters. The molecule has 0 spiro atoms. The van der Waals surface area contributed by atoms with Gasteiger partial charge in [-0.05, 0) is 36.2 Å². The van der Waals surface area contributed by atoms with Gasteiger partial charge in [0.2, 0.25) is 0 Å². The van der Waals surface area contributed by atoms with Gasteiger partial charge in [0.15, 0.2) is 5.96 Å². The topological polar surface area (TPSA) is 58.8 Å². The minimum atomic E-state index is -0.231. The second-order valence-electron chi connectivity index (χ2n) is 4.96. The summed E-state index contributed by atoms with van der Waals surface area (Å²) in [4.78, 5) is 4.14. The van der Waals surface area contributed by atoms with E-state index < -0.39 is 0 Å². The number of halogens is 2. The van der Waals surface area contributed by atoms with E-state index in [-0.39, 0.29) is 29.8 Å². The first-order valence-corrected chi connectivity index (χ1v) is 7.57. The zero-order valence-electron chi connectivity index (χ0n) is 13.6. The van der Waals surface area contributed by atoms with E-state index in [1.165, 1.54) is 12.1 Å². The number of ether oxygens (including phenoxy) is 1. The van der Waals surface area contributed by atoms with Crippen LogP contribution in [-0.4, -0.2) is 26.2 Å². The van der Waals surface area contributed by atoms with Crippen molar-refractivity contribution in [3.8, 4) is 0 Å². The standard InChI is InChI=1S/C17H22FN3O2.HI/c1-19-17(21-12-14-5-7-15(18)8-6-14)20-9-3-10-22-13-16-4-2-11-23-16;/h2,4-8,11H,3,9-10,12-13H2,1H3,(H2,19,20,21);1H. The quantitative estimate of drug-likeness (QED) is 0.282. The van der Waals surface area contributed by atoms with Crippen LogP contribution in [-0.2, 0) is 17.9 Å². The van der Waals surface area contributed by atoms with Crippen molar-refractivity contribution < 1.29 is 13.5 Å². The van der Waals surface area contributed by atoms with Crippen LogP contribution in [0.1, 0.15) is 17.7 Å². The Balaban J connectivity index is 0.00000288. The van der Waals surface area contributed by atoms with Crippen LogP contribution in [0.3, 0.4) is 0 Å². The van der Waals surface area contributed by atoms with E-state index in [1.807, 2.05) is 12.1 Å². The summed E-state index contributed by atoms with van der Waals surface area (Å²) in [7, 11) is 1.72. The zero-order chi connectivity index (χ0) is 16.3. The van der Waals surface area contributed by atoms with E-state index in [2.05, 4.69) is 15.6 Å². The molecule has 0 bridgehead atoms. The maximum Gasteiger partial charge on any atom is 0.191 e. The van der Waals surface area contributed by atoms with Crippen molar-refractivity contribution in [3.05, 3.63) is 59.8 Å². The molecule has 1 aromatic heterocycles. The first-order chi connectivity index (χ1) is 11.3. The van der Waals surface area contributed by atoms with Crippen molar-refractivity contribution in [2.75, 3.05) is 20.2 Å². The van der Waals surface area contributed by atoms with Crippen LogP contribution in [0, 0.1) is 5.82 Å². The Bertz CT molecular complexity index is 588. The van der Waals surface area contributed by atoms with Gasteiger partial charge in [-0.1, -0.05) is 12.1 Å². The van der Waals surface area contributed by atoms with Crippen LogP contribution in [0.15, 0.2) is 52.1 Å². The lowest BCUT2D eigenvalue weighted by Gasteiger charge is -2.12. The third-order valence-electron chi connectivity index (χ3n) is 3.18. The average Bonchev–Trinajstić information content (AvgIpc) is 3.08. The molecule has 5 nitrogen and oxygen atoms in total. The summed E-state index contributed by atoms with van der Waals surface area (Å²) in [5.41, 5.74) is 0.996. The number of benzene rings is 1. The Morgan fingerprint density at radius 1 is 1.21 bits per heavy atom. The number of nitrogens with zero attached hydrogens (tertiary/aromatic N) is 1. The van der Waals surface area contributed by atoms with Gasteiger partial charge in [0.1, 0.15) is 18.2 Å². The molecule has 0 amide bonds. The first kappa shape index (κ1) is 20.4. The summed E-state index contributed by atoms with van der Waals surface area (Å²) in [5, 5.41) is 6.39. The second kappa shape index (κ2) is 11.9. The summed E-state index contributed by atoms with van der Waals surface area (Å²) in [6, 6.07) is 10.1. The smallest absolute Gasteiger partial charge is 0.191 e. The molecule has 0 atom stereocenters. The van der Waals surface area contributed by atoms with E-state index in [1.54, 1.807) is 25.4 Å². The number of furan rings is 1. The molecular formula is C17H23FIN3O2. The summed E-state index contributed by atoms with van der Waals surface area (Å²) in [6.07, 6.45) is 2.50. The van der Waals surface area contributed by atoms with Crippen LogP contribution < -0.4 is 10.6 Å². The Labute approximate surface area is 158 Å². The molecule has 0 aliphatic carbocycles. The fraction of sp³-hybridized carbons (Fsp3) is 0.353. The molecule has 0 aliphatic heterocycles. The van der Waals surface area contributed by atoms with Gasteiger partial charge in [0.25, 0.3) is 0 Å². The molecule has 24 heavy (non-hydrogen) atoms. The van der Waals surface area contributed by atoms with E-state index >= 15 is 0 Å². The highest BCUT2D eigenvalue weighted by Gasteiger charge is 1.99. The lowest BCUT2D eigenvalue weighted by molar-refractivity contribution is 0.105. The van der Waals surface area contributed by atoms with Crippen molar-refractivity contribution in [1.29, 1.82) is 0 Å².